The second-order valence-corrected chi connectivity index (χ2v) is 4.61. The summed E-state index contributed by atoms with van der Waals surface area (Å²) in [6, 6.07) is 4.95. The predicted octanol–water partition coefficient (Wildman–Crippen LogP) is 1.09. The molecular weight excluding hydrogens is 286 g/mol. The Kier molecular flexibility index (Phi) is 5.35. The average Bonchev–Trinajstić information content (AvgIpc) is 2.91. The van der Waals surface area contributed by atoms with Crippen LogP contribution in [0, 0.1) is 0 Å². The van der Waals surface area contributed by atoms with Gasteiger partial charge in [0.05, 0.1) is 13.2 Å². The van der Waals surface area contributed by atoms with Crippen LogP contribution in [0.2, 0.25) is 0 Å². The molecule has 7 heteroatoms. The highest BCUT2D eigenvalue weighted by Gasteiger charge is 2.17. The summed E-state index contributed by atoms with van der Waals surface area (Å²) in [7, 11) is 0. The highest BCUT2D eigenvalue weighted by molar-refractivity contribution is 6.12. The highest BCUT2D eigenvalue weighted by Crippen LogP contribution is 2.28. The molecule has 0 bridgehead atoms. The zero-order chi connectivity index (χ0) is 15.9. The zero-order valence-corrected chi connectivity index (χ0v) is 12.6. The van der Waals surface area contributed by atoms with E-state index in [0.29, 0.717) is 30.3 Å². The molecule has 118 valence electrons. The van der Waals surface area contributed by atoms with Crippen molar-refractivity contribution in [1.82, 2.24) is 10.6 Å². The van der Waals surface area contributed by atoms with Crippen molar-refractivity contribution < 1.29 is 19.1 Å². The topological polar surface area (TPSA) is 89.0 Å². The van der Waals surface area contributed by atoms with Crippen LogP contribution in [-0.2, 0) is 4.79 Å². The van der Waals surface area contributed by atoms with Crippen LogP contribution in [0.5, 0.6) is 11.5 Å². The fourth-order valence-electron chi connectivity index (χ4n) is 1.86. The van der Waals surface area contributed by atoms with Crippen molar-refractivity contribution in [3.8, 4) is 11.5 Å². The van der Waals surface area contributed by atoms with Crippen LogP contribution in [0.1, 0.15) is 30.6 Å². The van der Waals surface area contributed by atoms with E-state index in [1.54, 1.807) is 18.2 Å². The van der Waals surface area contributed by atoms with E-state index in [1.807, 2.05) is 13.8 Å². The fourth-order valence-corrected chi connectivity index (χ4v) is 1.86. The number of rotatable bonds is 6. The maximum atomic E-state index is 12.1. The number of nitrogens with zero attached hydrogens (tertiary/aromatic N) is 1. The predicted molar refractivity (Wildman–Crippen MR) is 81.3 cm³/mol. The number of amides is 2. The van der Waals surface area contributed by atoms with E-state index in [0.717, 1.165) is 6.42 Å². The minimum Gasteiger partial charge on any atom is -0.490 e. The quantitative estimate of drug-likeness (QED) is 0.823. The highest BCUT2D eigenvalue weighted by atomic mass is 16.5. The molecule has 7 nitrogen and oxygen atoms in total. The van der Waals surface area contributed by atoms with Crippen molar-refractivity contribution in [3.63, 3.8) is 0 Å². The van der Waals surface area contributed by atoms with Gasteiger partial charge in [-0.2, -0.15) is 0 Å². The van der Waals surface area contributed by atoms with E-state index in [-0.39, 0.29) is 24.3 Å². The molecule has 0 aliphatic carbocycles. The van der Waals surface area contributed by atoms with E-state index < -0.39 is 0 Å². The summed E-state index contributed by atoms with van der Waals surface area (Å²) < 4.78 is 11.1. The second kappa shape index (κ2) is 7.44. The van der Waals surface area contributed by atoms with Crippen molar-refractivity contribution in [2.45, 2.75) is 20.3 Å². The minimum atomic E-state index is -0.371. The largest absolute Gasteiger partial charge is 0.490 e. The van der Waals surface area contributed by atoms with Crippen LogP contribution >= 0.6 is 0 Å². The van der Waals surface area contributed by atoms with Gasteiger partial charge in [-0.3, -0.25) is 20.2 Å². The first-order valence-corrected chi connectivity index (χ1v) is 7.19. The molecule has 1 aliphatic rings. The molecule has 1 aromatic rings. The average molecular weight is 305 g/mol. The lowest BCUT2D eigenvalue weighted by molar-refractivity contribution is -0.117. The van der Waals surface area contributed by atoms with Crippen molar-refractivity contribution in [2.24, 2.45) is 4.99 Å². The van der Waals surface area contributed by atoms with Gasteiger partial charge in [0.2, 0.25) is 11.9 Å². The molecule has 2 rings (SSSR count). The monoisotopic (exact) mass is 305 g/mol. The molecule has 0 aromatic heterocycles. The first-order chi connectivity index (χ1) is 10.6. The number of benzene rings is 1. The fraction of sp³-hybridized carbons (Fsp3) is 0.400. The van der Waals surface area contributed by atoms with Crippen LogP contribution in [0.3, 0.4) is 0 Å². The Hall–Kier alpha value is -2.57. The number of carbonyl (C=O) groups is 2. The van der Waals surface area contributed by atoms with Gasteiger partial charge in [-0.25, -0.2) is 4.99 Å². The molecule has 1 heterocycles. The van der Waals surface area contributed by atoms with Crippen LogP contribution < -0.4 is 20.1 Å². The summed E-state index contributed by atoms with van der Waals surface area (Å²) in [5, 5.41) is 5.00. The first kappa shape index (κ1) is 15.8. The zero-order valence-electron chi connectivity index (χ0n) is 12.6. The van der Waals surface area contributed by atoms with E-state index in [1.165, 1.54) is 0 Å². The summed E-state index contributed by atoms with van der Waals surface area (Å²) in [6.07, 6.45) is 0.882. The van der Waals surface area contributed by atoms with E-state index in [9.17, 15) is 9.59 Å². The molecule has 22 heavy (non-hydrogen) atoms. The molecule has 2 amide bonds. The van der Waals surface area contributed by atoms with Gasteiger partial charge in [0, 0.05) is 5.56 Å². The lowest BCUT2D eigenvalue weighted by Crippen LogP contribution is -2.40. The molecule has 0 saturated heterocycles. The molecule has 0 atom stereocenters. The Balaban J connectivity index is 2.11. The lowest BCUT2D eigenvalue weighted by Gasteiger charge is -2.13. The summed E-state index contributed by atoms with van der Waals surface area (Å²) in [5.74, 6) is 0.671. The van der Waals surface area contributed by atoms with Crippen molar-refractivity contribution in [2.75, 3.05) is 19.8 Å². The minimum absolute atomic E-state index is 0.0314. The van der Waals surface area contributed by atoms with E-state index >= 15 is 0 Å². The molecule has 0 radical (unpaired) electrons. The normalized spacial score (nSPS) is 13.4. The summed E-state index contributed by atoms with van der Waals surface area (Å²) in [5.41, 5.74) is 0.399. The Bertz CT molecular complexity index is 598. The standard InChI is InChI=1S/C15H19N3O4/c1-3-7-22-11-6-5-10(8-12(11)21-4-2)14(20)18-15-16-9-13(19)17-15/h5-6,8H,3-4,7,9H2,1-2H3,(H2,16,17,18,19,20). The van der Waals surface area contributed by atoms with Crippen LogP contribution in [-0.4, -0.2) is 37.5 Å². The van der Waals surface area contributed by atoms with Crippen molar-refractivity contribution in [3.05, 3.63) is 23.8 Å². The molecule has 0 unspecified atom stereocenters. The number of hydrogen-bond acceptors (Lipinski definition) is 5. The number of nitrogens with one attached hydrogen (secondary N) is 2. The Labute approximate surface area is 128 Å². The maximum absolute atomic E-state index is 12.1. The van der Waals surface area contributed by atoms with E-state index in [2.05, 4.69) is 15.6 Å². The van der Waals surface area contributed by atoms with Gasteiger partial charge in [-0.05, 0) is 31.5 Å². The van der Waals surface area contributed by atoms with Crippen LogP contribution in [0.15, 0.2) is 23.2 Å². The first-order valence-electron chi connectivity index (χ1n) is 7.19. The SMILES string of the molecule is CCCOc1ccc(C(=O)NC2=NCC(=O)N2)cc1OCC. The number of carbonyl (C=O) groups excluding carboxylic acids is 2. The molecule has 0 fully saturated rings. The smallest absolute Gasteiger partial charge is 0.258 e. The summed E-state index contributed by atoms with van der Waals surface area (Å²) in [6.45, 7) is 4.95. The van der Waals surface area contributed by atoms with Gasteiger partial charge in [-0.15, -0.1) is 0 Å². The van der Waals surface area contributed by atoms with Crippen molar-refractivity contribution >= 4 is 17.8 Å². The third kappa shape index (κ3) is 3.97. The lowest BCUT2D eigenvalue weighted by atomic mass is 10.2. The van der Waals surface area contributed by atoms with Crippen LogP contribution in [0.25, 0.3) is 0 Å². The molecule has 1 aromatic carbocycles. The molecule has 0 saturated carbocycles. The van der Waals surface area contributed by atoms with Gasteiger partial charge in [0.15, 0.2) is 11.5 Å². The number of ether oxygens (including phenoxy) is 2. The van der Waals surface area contributed by atoms with Gasteiger partial charge >= 0.3 is 0 Å². The molecular formula is C15H19N3O4. The van der Waals surface area contributed by atoms with Crippen molar-refractivity contribution in [1.29, 1.82) is 0 Å². The molecule has 0 spiro atoms. The van der Waals surface area contributed by atoms with Gasteiger partial charge in [0.25, 0.3) is 5.91 Å². The third-order valence-corrected chi connectivity index (χ3v) is 2.84. The number of hydrogen-bond donors (Lipinski definition) is 2. The number of guanidine groups is 1. The Morgan fingerprint density at radius 3 is 2.77 bits per heavy atom. The van der Waals surface area contributed by atoms with Gasteiger partial charge in [0.1, 0.15) is 6.54 Å². The van der Waals surface area contributed by atoms with Gasteiger partial charge in [-0.1, -0.05) is 6.92 Å². The van der Waals surface area contributed by atoms with Gasteiger partial charge < -0.3 is 9.47 Å². The Morgan fingerprint density at radius 2 is 2.14 bits per heavy atom. The summed E-state index contributed by atoms with van der Waals surface area (Å²) in [4.78, 5) is 27.1. The number of aliphatic imine (C=N–C) groups is 1. The second-order valence-electron chi connectivity index (χ2n) is 4.61. The molecule has 2 N–H and O–H groups in total. The Morgan fingerprint density at radius 1 is 1.32 bits per heavy atom. The molecule has 1 aliphatic heterocycles. The third-order valence-electron chi connectivity index (χ3n) is 2.84. The van der Waals surface area contributed by atoms with E-state index in [4.69, 9.17) is 9.47 Å². The maximum Gasteiger partial charge on any atom is 0.258 e. The summed E-state index contributed by atoms with van der Waals surface area (Å²) >= 11 is 0. The van der Waals surface area contributed by atoms with Crippen LogP contribution in [0.4, 0.5) is 0 Å².